The minimum absolute atomic E-state index is 0.112. The van der Waals surface area contributed by atoms with E-state index < -0.39 is 6.10 Å². The van der Waals surface area contributed by atoms with Crippen molar-refractivity contribution in [1.29, 1.82) is 0 Å². The standard InChI is InChI=1S/C24H25N5O3/c1-17-3-2-4-19(13-17)21(30)16-32-23-15-24(28-9-11-31-12-10-28)29-22(26-23)14-20(27-29)18-5-7-25-8-6-18/h2-8,13-15,21,30H,9-12,16H2,1H3. The lowest BCUT2D eigenvalue weighted by molar-refractivity contribution is 0.105. The van der Waals surface area contributed by atoms with Crippen LogP contribution in [0.3, 0.4) is 0 Å². The molecule has 1 fully saturated rings. The van der Waals surface area contributed by atoms with Gasteiger partial charge in [-0.2, -0.15) is 14.6 Å². The second-order valence-electron chi connectivity index (χ2n) is 7.83. The summed E-state index contributed by atoms with van der Waals surface area (Å²) in [5.41, 5.74) is 4.38. The van der Waals surface area contributed by atoms with Gasteiger partial charge in [-0.1, -0.05) is 29.8 Å². The van der Waals surface area contributed by atoms with Crippen molar-refractivity contribution in [2.75, 3.05) is 37.8 Å². The maximum atomic E-state index is 10.6. The van der Waals surface area contributed by atoms with Crippen LogP contribution in [-0.4, -0.2) is 57.6 Å². The van der Waals surface area contributed by atoms with Crippen molar-refractivity contribution in [3.05, 3.63) is 72.1 Å². The maximum absolute atomic E-state index is 10.6. The smallest absolute Gasteiger partial charge is 0.219 e. The Morgan fingerprint density at radius 2 is 1.91 bits per heavy atom. The van der Waals surface area contributed by atoms with Crippen LogP contribution in [0.2, 0.25) is 0 Å². The van der Waals surface area contributed by atoms with Gasteiger partial charge in [0.2, 0.25) is 5.88 Å². The minimum Gasteiger partial charge on any atom is -0.474 e. The number of nitrogens with zero attached hydrogens (tertiary/aromatic N) is 5. The summed E-state index contributed by atoms with van der Waals surface area (Å²) in [5, 5.41) is 15.4. The van der Waals surface area contributed by atoms with Gasteiger partial charge in [0.25, 0.3) is 0 Å². The molecule has 1 aliphatic heterocycles. The van der Waals surface area contributed by atoms with Crippen LogP contribution in [0.1, 0.15) is 17.2 Å². The first-order valence-corrected chi connectivity index (χ1v) is 10.7. The fourth-order valence-electron chi connectivity index (χ4n) is 3.83. The van der Waals surface area contributed by atoms with E-state index in [-0.39, 0.29) is 6.61 Å². The third-order valence-corrected chi connectivity index (χ3v) is 5.51. The van der Waals surface area contributed by atoms with E-state index in [0.29, 0.717) is 24.7 Å². The number of benzene rings is 1. The van der Waals surface area contributed by atoms with Gasteiger partial charge in [-0.3, -0.25) is 4.98 Å². The number of ether oxygens (including phenoxy) is 2. The molecule has 0 amide bonds. The molecule has 4 aromatic rings. The van der Waals surface area contributed by atoms with E-state index in [4.69, 9.17) is 14.6 Å². The van der Waals surface area contributed by atoms with Gasteiger partial charge in [-0.15, -0.1) is 0 Å². The molecule has 32 heavy (non-hydrogen) atoms. The van der Waals surface area contributed by atoms with Crippen LogP contribution < -0.4 is 9.64 Å². The van der Waals surface area contributed by atoms with E-state index in [9.17, 15) is 5.11 Å². The summed E-state index contributed by atoms with van der Waals surface area (Å²) in [5.74, 6) is 1.34. The van der Waals surface area contributed by atoms with Crippen molar-refractivity contribution in [2.45, 2.75) is 13.0 Å². The Bertz CT molecular complexity index is 1200. The molecule has 0 spiro atoms. The first-order valence-electron chi connectivity index (χ1n) is 10.7. The number of fused-ring (bicyclic) bond motifs is 1. The van der Waals surface area contributed by atoms with Crippen molar-refractivity contribution >= 4 is 11.5 Å². The fraction of sp³-hybridized carbons (Fsp3) is 0.292. The molecule has 1 unspecified atom stereocenters. The highest BCUT2D eigenvalue weighted by Gasteiger charge is 2.19. The van der Waals surface area contributed by atoms with E-state index in [1.54, 1.807) is 12.4 Å². The molecule has 1 aliphatic rings. The molecule has 8 heteroatoms. The summed E-state index contributed by atoms with van der Waals surface area (Å²) in [6.07, 6.45) is 2.75. The van der Waals surface area contributed by atoms with Gasteiger partial charge in [0, 0.05) is 43.2 Å². The van der Waals surface area contributed by atoms with Gasteiger partial charge in [0.1, 0.15) is 18.5 Å². The van der Waals surface area contributed by atoms with E-state index >= 15 is 0 Å². The number of morpholine rings is 1. The number of aliphatic hydroxyl groups excluding tert-OH is 1. The summed E-state index contributed by atoms with van der Waals surface area (Å²) < 4.78 is 13.3. The van der Waals surface area contributed by atoms with E-state index in [1.807, 2.05) is 60.0 Å². The van der Waals surface area contributed by atoms with Gasteiger partial charge in [0.05, 0.1) is 18.9 Å². The van der Waals surface area contributed by atoms with Crippen molar-refractivity contribution in [2.24, 2.45) is 0 Å². The highest BCUT2D eigenvalue weighted by molar-refractivity contribution is 5.66. The van der Waals surface area contributed by atoms with E-state index in [1.165, 1.54) is 0 Å². The molecular formula is C24H25N5O3. The van der Waals surface area contributed by atoms with Gasteiger partial charge in [0.15, 0.2) is 5.65 Å². The van der Waals surface area contributed by atoms with Crippen LogP contribution in [0.5, 0.6) is 5.88 Å². The number of aliphatic hydroxyl groups is 1. The van der Waals surface area contributed by atoms with Crippen LogP contribution in [0.15, 0.2) is 60.9 Å². The minimum atomic E-state index is -0.739. The number of aryl methyl sites for hydroxylation is 1. The third-order valence-electron chi connectivity index (χ3n) is 5.51. The largest absolute Gasteiger partial charge is 0.474 e. The Hall–Kier alpha value is -3.49. The van der Waals surface area contributed by atoms with Crippen LogP contribution in [0.25, 0.3) is 16.9 Å². The van der Waals surface area contributed by atoms with Crippen LogP contribution >= 0.6 is 0 Å². The quantitative estimate of drug-likeness (QED) is 0.502. The molecule has 3 aromatic heterocycles. The number of pyridine rings is 1. The van der Waals surface area contributed by atoms with Crippen molar-refractivity contribution in [3.63, 3.8) is 0 Å². The highest BCUT2D eigenvalue weighted by atomic mass is 16.5. The zero-order chi connectivity index (χ0) is 21.9. The second-order valence-corrected chi connectivity index (χ2v) is 7.83. The molecule has 164 valence electrons. The number of hydrogen-bond acceptors (Lipinski definition) is 7. The Labute approximate surface area is 186 Å². The number of anilines is 1. The molecule has 0 bridgehead atoms. The SMILES string of the molecule is Cc1cccc(C(O)COc2cc(N3CCOCC3)n3nc(-c4ccncc4)cc3n2)c1. The third kappa shape index (κ3) is 4.28. The summed E-state index contributed by atoms with van der Waals surface area (Å²) in [6.45, 7) is 4.95. The highest BCUT2D eigenvalue weighted by Crippen LogP contribution is 2.27. The van der Waals surface area contributed by atoms with Crippen LogP contribution in [0.4, 0.5) is 5.82 Å². The molecule has 1 saturated heterocycles. The molecule has 4 heterocycles. The second kappa shape index (κ2) is 8.94. The average Bonchev–Trinajstić information content (AvgIpc) is 3.27. The topological polar surface area (TPSA) is 85.0 Å². The zero-order valence-corrected chi connectivity index (χ0v) is 17.9. The lowest BCUT2D eigenvalue weighted by Gasteiger charge is -2.29. The summed E-state index contributed by atoms with van der Waals surface area (Å²) in [7, 11) is 0. The lowest BCUT2D eigenvalue weighted by Crippen LogP contribution is -2.37. The van der Waals surface area contributed by atoms with Gasteiger partial charge >= 0.3 is 0 Å². The maximum Gasteiger partial charge on any atom is 0.219 e. The number of hydrogen-bond donors (Lipinski definition) is 1. The van der Waals surface area contributed by atoms with Crippen LogP contribution in [0, 0.1) is 6.92 Å². The van der Waals surface area contributed by atoms with Crippen molar-refractivity contribution in [1.82, 2.24) is 19.6 Å². The molecule has 8 nitrogen and oxygen atoms in total. The first-order chi connectivity index (χ1) is 15.7. The molecule has 5 rings (SSSR count). The molecule has 0 radical (unpaired) electrons. The Balaban J connectivity index is 1.47. The number of rotatable bonds is 6. The van der Waals surface area contributed by atoms with Gasteiger partial charge in [-0.05, 0) is 24.6 Å². The molecular weight excluding hydrogens is 406 g/mol. The molecule has 1 N–H and O–H groups in total. The molecule has 0 aliphatic carbocycles. The van der Waals surface area contributed by atoms with Gasteiger partial charge in [-0.25, -0.2) is 0 Å². The Kier molecular flexibility index (Phi) is 5.70. The monoisotopic (exact) mass is 431 g/mol. The fourth-order valence-corrected chi connectivity index (χ4v) is 3.83. The Morgan fingerprint density at radius 1 is 1.09 bits per heavy atom. The van der Waals surface area contributed by atoms with Gasteiger partial charge < -0.3 is 19.5 Å². The molecule has 1 aromatic carbocycles. The van der Waals surface area contributed by atoms with E-state index in [2.05, 4.69) is 14.9 Å². The zero-order valence-electron chi connectivity index (χ0n) is 17.9. The number of aromatic nitrogens is 4. The van der Waals surface area contributed by atoms with Crippen LogP contribution in [-0.2, 0) is 4.74 Å². The predicted molar refractivity (Wildman–Crippen MR) is 121 cm³/mol. The average molecular weight is 431 g/mol. The van der Waals surface area contributed by atoms with Crippen molar-refractivity contribution < 1.29 is 14.6 Å². The normalized spacial score (nSPS) is 15.1. The lowest BCUT2D eigenvalue weighted by atomic mass is 10.1. The van der Waals surface area contributed by atoms with E-state index in [0.717, 1.165) is 41.3 Å². The molecule has 0 saturated carbocycles. The predicted octanol–water partition coefficient (Wildman–Crippen LogP) is 3.05. The first kappa shape index (κ1) is 20.4. The molecule has 1 atom stereocenters. The summed E-state index contributed by atoms with van der Waals surface area (Å²) >= 11 is 0. The summed E-state index contributed by atoms with van der Waals surface area (Å²) in [6, 6.07) is 15.4. The van der Waals surface area contributed by atoms with Crippen molar-refractivity contribution in [3.8, 4) is 17.1 Å². The Morgan fingerprint density at radius 3 is 2.69 bits per heavy atom. The summed E-state index contributed by atoms with van der Waals surface area (Å²) in [4.78, 5) is 11.0.